The first-order valence-electron chi connectivity index (χ1n) is 4.80. The molecule has 0 saturated heterocycles. The van der Waals surface area contributed by atoms with Crippen LogP contribution in [0.3, 0.4) is 0 Å². The predicted molar refractivity (Wildman–Crippen MR) is 57.8 cm³/mol. The Bertz CT molecular complexity index is 546. The fourth-order valence-electron chi connectivity index (χ4n) is 1.56. The third-order valence-corrected chi connectivity index (χ3v) is 2.39. The fraction of sp³-hybridized carbons (Fsp3) is 0.182. The molecule has 1 aromatic carbocycles. The molecule has 0 atom stereocenters. The molecule has 16 heavy (non-hydrogen) atoms. The van der Waals surface area contributed by atoms with Crippen LogP contribution in [0.4, 0.5) is 0 Å². The van der Waals surface area contributed by atoms with Gasteiger partial charge in [0.25, 0.3) is 0 Å². The van der Waals surface area contributed by atoms with Gasteiger partial charge in [-0.2, -0.15) is 5.10 Å². The number of aryl methyl sites for hydroxylation is 2. The summed E-state index contributed by atoms with van der Waals surface area (Å²) in [6.07, 6.45) is 1.47. The molecule has 1 aromatic heterocycles. The first-order chi connectivity index (χ1) is 7.59. The Morgan fingerprint density at radius 2 is 2.12 bits per heavy atom. The van der Waals surface area contributed by atoms with Crippen molar-refractivity contribution in [1.29, 1.82) is 0 Å². The lowest BCUT2D eigenvalue weighted by molar-refractivity contribution is 0.0697. The minimum Gasteiger partial charge on any atom is -0.478 e. The number of benzene rings is 1. The molecule has 0 spiro atoms. The average molecular weight is 217 g/mol. The van der Waals surface area contributed by atoms with Gasteiger partial charge in [-0.05, 0) is 37.6 Å². The van der Waals surface area contributed by atoms with Crippen LogP contribution >= 0.6 is 0 Å². The van der Waals surface area contributed by atoms with Crippen LogP contribution in [0.25, 0.3) is 5.69 Å². The van der Waals surface area contributed by atoms with Crippen LogP contribution in [0, 0.1) is 13.8 Å². The number of carboxylic acids is 1. The Kier molecular flexibility index (Phi) is 2.44. The summed E-state index contributed by atoms with van der Waals surface area (Å²) in [5, 5.41) is 12.9. The maximum absolute atomic E-state index is 10.8. The summed E-state index contributed by atoms with van der Waals surface area (Å²) in [5.74, 6) is -0.156. The predicted octanol–water partition coefficient (Wildman–Crippen LogP) is 1.58. The molecule has 0 fully saturated rings. The Morgan fingerprint density at radius 3 is 2.62 bits per heavy atom. The largest absolute Gasteiger partial charge is 0.478 e. The highest BCUT2D eigenvalue weighted by molar-refractivity contribution is 5.88. The molecule has 2 aromatic rings. The van der Waals surface area contributed by atoms with Gasteiger partial charge in [-0.1, -0.05) is 0 Å². The molecule has 0 radical (unpaired) electrons. The van der Waals surface area contributed by atoms with Gasteiger partial charge in [0.1, 0.15) is 12.2 Å². The Labute approximate surface area is 92.4 Å². The van der Waals surface area contributed by atoms with Crippen molar-refractivity contribution in [2.75, 3.05) is 0 Å². The Balaban J connectivity index is 2.52. The van der Waals surface area contributed by atoms with Gasteiger partial charge >= 0.3 is 5.97 Å². The number of rotatable bonds is 2. The molecule has 1 heterocycles. The van der Waals surface area contributed by atoms with Crippen molar-refractivity contribution in [3.8, 4) is 5.69 Å². The fourth-order valence-corrected chi connectivity index (χ4v) is 1.56. The number of hydrogen-bond acceptors (Lipinski definition) is 3. The monoisotopic (exact) mass is 217 g/mol. The molecule has 5 nitrogen and oxygen atoms in total. The van der Waals surface area contributed by atoms with Crippen LogP contribution < -0.4 is 0 Å². The van der Waals surface area contributed by atoms with Crippen molar-refractivity contribution in [2.45, 2.75) is 13.8 Å². The van der Waals surface area contributed by atoms with Gasteiger partial charge in [-0.15, -0.1) is 0 Å². The molecule has 0 amide bonds. The first-order valence-corrected chi connectivity index (χ1v) is 4.80. The Hall–Kier alpha value is -2.17. The standard InChI is InChI=1S/C11H11N3O2/c1-7-5-9(11(15)16)3-4-10(7)14-8(2)12-6-13-14/h3-6H,1-2H3,(H,15,16). The molecule has 0 saturated carbocycles. The van der Waals surface area contributed by atoms with Gasteiger partial charge in [0, 0.05) is 0 Å². The van der Waals surface area contributed by atoms with Crippen LogP contribution in [-0.2, 0) is 0 Å². The van der Waals surface area contributed by atoms with Gasteiger partial charge in [-0.3, -0.25) is 0 Å². The SMILES string of the molecule is Cc1cc(C(=O)O)ccc1-n1ncnc1C. The zero-order chi connectivity index (χ0) is 11.7. The zero-order valence-corrected chi connectivity index (χ0v) is 9.01. The summed E-state index contributed by atoms with van der Waals surface area (Å²) < 4.78 is 1.68. The summed E-state index contributed by atoms with van der Waals surface area (Å²) in [7, 11) is 0. The van der Waals surface area contributed by atoms with Crippen molar-refractivity contribution in [1.82, 2.24) is 14.8 Å². The van der Waals surface area contributed by atoms with Gasteiger partial charge < -0.3 is 5.11 Å². The summed E-state index contributed by atoms with van der Waals surface area (Å²) >= 11 is 0. The molecule has 82 valence electrons. The highest BCUT2D eigenvalue weighted by atomic mass is 16.4. The zero-order valence-electron chi connectivity index (χ0n) is 9.01. The number of hydrogen-bond donors (Lipinski definition) is 1. The van der Waals surface area contributed by atoms with Crippen LogP contribution in [0.2, 0.25) is 0 Å². The Morgan fingerprint density at radius 1 is 1.38 bits per heavy atom. The van der Waals surface area contributed by atoms with E-state index in [1.165, 1.54) is 6.33 Å². The third-order valence-electron chi connectivity index (χ3n) is 2.39. The van der Waals surface area contributed by atoms with E-state index < -0.39 is 5.97 Å². The van der Waals surface area contributed by atoms with E-state index in [1.807, 2.05) is 13.8 Å². The number of nitrogens with zero attached hydrogens (tertiary/aromatic N) is 3. The highest BCUT2D eigenvalue weighted by Crippen LogP contribution is 2.16. The molecular weight excluding hydrogens is 206 g/mol. The van der Waals surface area contributed by atoms with Crippen molar-refractivity contribution in [2.24, 2.45) is 0 Å². The van der Waals surface area contributed by atoms with Gasteiger partial charge in [0.2, 0.25) is 0 Å². The molecule has 0 aliphatic carbocycles. The number of carboxylic acid groups (broad SMARTS) is 1. The molecule has 0 aliphatic heterocycles. The van der Waals surface area contributed by atoms with Crippen LogP contribution in [0.15, 0.2) is 24.5 Å². The van der Waals surface area contributed by atoms with E-state index in [2.05, 4.69) is 10.1 Å². The lowest BCUT2D eigenvalue weighted by atomic mass is 10.1. The maximum atomic E-state index is 10.8. The summed E-state index contributed by atoms with van der Waals surface area (Å²) in [6.45, 7) is 3.69. The lowest BCUT2D eigenvalue weighted by Gasteiger charge is -2.07. The minimum atomic E-state index is -0.926. The summed E-state index contributed by atoms with van der Waals surface area (Å²) in [5.41, 5.74) is 1.98. The molecule has 1 N–H and O–H groups in total. The third kappa shape index (κ3) is 1.67. The second kappa shape index (κ2) is 3.77. The quantitative estimate of drug-likeness (QED) is 0.829. The molecular formula is C11H11N3O2. The van der Waals surface area contributed by atoms with E-state index in [0.717, 1.165) is 17.1 Å². The molecule has 0 bridgehead atoms. The van der Waals surface area contributed by atoms with Crippen molar-refractivity contribution >= 4 is 5.97 Å². The number of aromatic nitrogens is 3. The van der Waals surface area contributed by atoms with Crippen LogP contribution in [0.1, 0.15) is 21.7 Å². The normalized spacial score (nSPS) is 10.4. The number of aromatic carboxylic acids is 1. The van der Waals surface area contributed by atoms with Crippen molar-refractivity contribution in [3.63, 3.8) is 0 Å². The van der Waals surface area contributed by atoms with Crippen molar-refractivity contribution < 1.29 is 9.90 Å². The van der Waals surface area contributed by atoms with Gasteiger partial charge in [-0.25, -0.2) is 14.5 Å². The molecule has 0 aliphatic rings. The summed E-state index contributed by atoms with van der Waals surface area (Å²) in [6, 6.07) is 4.92. The van der Waals surface area contributed by atoms with E-state index in [-0.39, 0.29) is 5.56 Å². The molecule has 2 rings (SSSR count). The number of carbonyl (C=O) groups is 1. The minimum absolute atomic E-state index is 0.277. The maximum Gasteiger partial charge on any atom is 0.335 e. The van der Waals surface area contributed by atoms with Gasteiger partial charge in [0.15, 0.2) is 0 Å². The smallest absolute Gasteiger partial charge is 0.335 e. The van der Waals surface area contributed by atoms with E-state index in [4.69, 9.17) is 5.11 Å². The highest BCUT2D eigenvalue weighted by Gasteiger charge is 2.08. The van der Waals surface area contributed by atoms with Crippen LogP contribution in [0.5, 0.6) is 0 Å². The van der Waals surface area contributed by atoms with E-state index in [9.17, 15) is 4.79 Å². The molecule has 0 unspecified atom stereocenters. The van der Waals surface area contributed by atoms with E-state index >= 15 is 0 Å². The van der Waals surface area contributed by atoms with E-state index in [0.29, 0.717) is 0 Å². The van der Waals surface area contributed by atoms with Crippen molar-refractivity contribution in [3.05, 3.63) is 41.5 Å². The van der Waals surface area contributed by atoms with Gasteiger partial charge in [0.05, 0.1) is 11.3 Å². The first kappa shape index (κ1) is 10.4. The van der Waals surface area contributed by atoms with Crippen LogP contribution in [-0.4, -0.2) is 25.8 Å². The topological polar surface area (TPSA) is 68.0 Å². The average Bonchev–Trinajstić information content (AvgIpc) is 2.64. The van der Waals surface area contributed by atoms with E-state index in [1.54, 1.807) is 22.9 Å². The second-order valence-corrected chi connectivity index (χ2v) is 3.53. The summed E-state index contributed by atoms with van der Waals surface area (Å²) in [4.78, 5) is 14.8. The molecule has 5 heteroatoms. The lowest BCUT2D eigenvalue weighted by Crippen LogP contribution is -2.04. The second-order valence-electron chi connectivity index (χ2n) is 3.53.